The van der Waals surface area contributed by atoms with Gasteiger partial charge < -0.3 is 10.6 Å². The van der Waals surface area contributed by atoms with Crippen LogP contribution in [0.2, 0.25) is 0 Å². The molecule has 0 unspecified atom stereocenters. The Morgan fingerprint density at radius 1 is 1.28 bits per heavy atom. The molecule has 0 aromatic heterocycles. The lowest BCUT2D eigenvalue weighted by atomic mass is 10.1. The fourth-order valence-electron chi connectivity index (χ4n) is 2.48. The predicted molar refractivity (Wildman–Crippen MR) is 74.4 cm³/mol. The Hall–Kier alpha value is -1.35. The summed E-state index contributed by atoms with van der Waals surface area (Å²) in [5, 5.41) is 6.38. The van der Waals surface area contributed by atoms with Crippen molar-refractivity contribution in [2.24, 2.45) is 5.92 Å². The van der Waals surface area contributed by atoms with Crippen molar-refractivity contribution in [3.8, 4) is 0 Å². The van der Waals surface area contributed by atoms with E-state index in [1.807, 2.05) is 18.2 Å². The molecule has 18 heavy (non-hydrogen) atoms. The summed E-state index contributed by atoms with van der Waals surface area (Å²) in [6.45, 7) is 3.82. The SMILES string of the molecule is CCNCc1ccccc1NC(=O)C1CCCC1. The molecule has 1 aromatic carbocycles. The van der Waals surface area contributed by atoms with Crippen LogP contribution in [-0.2, 0) is 11.3 Å². The number of carbonyl (C=O) groups is 1. The normalized spacial score (nSPS) is 15.8. The molecular formula is C15H22N2O. The number of para-hydroxylation sites is 1. The molecule has 1 amide bonds. The number of amides is 1. The average molecular weight is 246 g/mol. The van der Waals surface area contributed by atoms with Crippen molar-refractivity contribution in [3.63, 3.8) is 0 Å². The second-order valence-electron chi connectivity index (χ2n) is 4.91. The lowest BCUT2D eigenvalue weighted by Gasteiger charge is -2.14. The van der Waals surface area contributed by atoms with Crippen LogP contribution in [0.15, 0.2) is 24.3 Å². The highest BCUT2D eigenvalue weighted by Crippen LogP contribution is 2.26. The van der Waals surface area contributed by atoms with Gasteiger partial charge in [0.05, 0.1) is 0 Å². The second kappa shape index (κ2) is 6.55. The van der Waals surface area contributed by atoms with Gasteiger partial charge in [-0.15, -0.1) is 0 Å². The lowest BCUT2D eigenvalue weighted by molar-refractivity contribution is -0.119. The van der Waals surface area contributed by atoms with Crippen LogP contribution in [0.25, 0.3) is 0 Å². The summed E-state index contributed by atoms with van der Waals surface area (Å²) in [7, 11) is 0. The first kappa shape index (κ1) is 13.1. The first-order chi connectivity index (χ1) is 8.81. The maximum absolute atomic E-state index is 12.1. The van der Waals surface area contributed by atoms with E-state index in [-0.39, 0.29) is 11.8 Å². The molecule has 1 aliphatic rings. The Labute approximate surface area is 109 Å². The highest BCUT2D eigenvalue weighted by Gasteiger charge is 2.22. The second-order valence-corrected chi connectivity index (χ2v) is 4.91. The monoisotopic (exact) mass is 246 g/mol. The minimum Gasteiger partial charge on any atom is -0.326 e. The summed E-state index contributed by atoms with van der Waals surface area (Å²) < 4.78 is 0. The molecule has 0 radical (unpaired) electrons. The van der Waals surface area contributed by atoms with E-state index in [1.54, 1.807) is 0 Å². The molecular weight excluding hydrogens is 224 g/mol. The van der Waals surface area contributed by atoms with Crippen LogP contribution in [0, 0.1) is 5.92 Å². The zero-order valence-electron chi connectivity index (χ0n) is 11.0. The van der Waals surface area contributed by atoms with Crippen molar-refractivity contribution in [3.05, 3.63) is 29.8 Å². The van der Waals surface area contributed by atoms with Crippen LogP contribution in [0.1, 0.15) is 38.2 Å². The molecule has 98 valence electrons. The molecule has 1 fully saturated rings. The summed E-state index contributed by atoms with van der Waals surface area (Å²) >= 11 is 0. The van der Waals surface area contributed by atoms with Gasteiger partial charge in [-0.1, -0.05) is 38.0 Å². The maximum atomic E-state index is 12.1. The van der Waals surface area contributed by atoms with Crippen LogP contribution in [0.4, 0.5) is 5.69 Å². The Bertz CT molecular complexity index is 397. The number of hydrogen-bond acceptors (Lipinski definition) is 2. The van der Waals surface area contributed by atoms with E-state index in [0.717, 1.165) is 37.2 Å². The highest BCUT2D eigenvalue weighted by molar-refractivity contribution is 5.93. The van der Waals surface area contributed by atoms with Gasteiger partial charge in [-0.3, -0.25) is 4.79 Å². The fraction of sp³-hybridized carbons (Fsp3) is 0.533. The first-order valence-corrected chi connectivity index (χ1v) is 6.90. The molecule has 2 rings (SSSR count). The van der Waals surface area contributed by atoms with Crippen LogP contribution < -0.4 is 10.6 Å². The maximum Gasteiger partial charge on any atom is 0.227 e. The minimum atomic E-state index is 0.191. The summed E-state index contributed by atoms with van der Waals surface area (Å²) in [5.41, 5.74) is 2.11. The summed E-state index contributed by atoms with van der Waals surface area (Å²) in [6.07, 6.45) is 4.47. The average Bonchev–Trinajstić information content (AvgIpc) is 2.91. The van der Waals surface area contributed by atoms with Crippen molar-refractivity contribution in [2.75, 3.05) is 11.9 Å². The third-order valence-corrected chi connectivity index (χ3v) is 3.57. The Morgan fingerprint density at radius 2 is 2.00 bits per heavy atom. The van der Waals surface area contributed by atoms with Gasteiger partial charge in [-0.25, -0.2) is 0 Å². The third-order valence-electron chi connectivity index (χ3n) is 3.57. The molecule has 0 bridgehead atoms. The number of nitrogens with one attached hydrogen (secondary N) is 2. The molecule has 0 saturated heterocycles. The zero-order chi connectivity index (χ0) is 12.8. The number of rotatable bonds is 5. The highest BCUT2D eigenvalue weighted by atomic mass is 16.1. The van der Waals surface area contributed by atoms with Gasteiger partial charge in [-0.05, 0) is 31.0 Å². The Kier molecular flexibility index (Phi) is 4.76. The molecule has 0 atom stereocenters. The molecule has 2 N–H and O–H groups in total. The topological polar surface area (TPSA) is 41.1 Å². The molecule has 0 aliphatic heterocycles. The van der Waals surface area contributed by atoms with Crippen LogP contribution in [0.3, 0.4) is 0 Å². The molecule has 0 heterocycles. The van der Waals surface area contributed by atoms with Gasteiger partial charge in [0.2, 0.25) is 5.91 Å². The van der Waals surface area contributed by atoms with Gasteiger partial charge in [-0.2, -0.15) is 0 Å². The summed E-state index contributed by atoms with van der Waals surface area (Å²) in [4.78, 5) is 12.1. The van der Waals surface area contributed by atoms with Gasteiger partial charge in [0.25, 0.3) is 0 Å². The van der Waals surface area contributed by atoms with Crippen molar-refractivity contribution >= 4 is 11.6 Å². The number of hydrogen-bond donors (Lipinski definition) is 2. The van der Waals surface area contributed by atoms with E-state index < -0.39 is 0 Å². The molecule has 3 nitrogen and oxygen atoms in total. The number of anilines is 1. The Morgan fingerprint density at radius 3 is 2.72 bits per heavy atom. The predicted octanol–water partition coefficient (Wildman–Crippen LogP) is 2.92. The fourth-order valence-corrected chi connectivity index (χ4v) is 2.48. The van der Waals surface area contributed by atoms with Crippen molar-refractivity contribution < 1.29 is 4.79 Å². The van der Waals surface area contributed by atoms with Gasteiger partial charge in [0.15, 0.2) is 0 Å². The van der Waals surface area contributed by atoms with Gasteiger partial charge in [0.1, 0.15) is 0 Å². The van der Waals surface area contributed by atoms with E-state index in [2.05, 4.69) is 23.6 Å². The Balaban J connectivity index is 2.00. The van der Waals surface area contributed by atoms with E-state index in [9.17, 15) is 4.79 Å². The lowest BCUT2D eigenvalue weighted by Crippen LogP contribution is -2.22. The first-order valence-electron chi connectivity index (χ1n) is 6.90. The molecule has 1 aromatic rings. The van der Waals surface area contributed by atoms with Crippen molar-refractivity contribution in [1.82, 2.24) is 5.32 Å². The molecule has 1 saturated carbocycles. The van der Waals surface area contributed by atoms with Crippen LogP contribution in [-0.4, -0.2) is 12.5 Å². The molecule has 1 aliphatic carbocycles. The van der Waals surface area contributed by atoms with E-state index in [1.165, 1.54) is 12.8 Å². The third kappa shape index (κ3) is 3.33. The summed E-state index contributed by atoms with van der Waals surface area (Å²) in [6, 6.07) is 8.03. The largest absolute Gasteiger partial charge is 0.326 e. The standard InChI is InChI=1S/C15H22N2O/c1-2-16-11-13-9-5-6-10-14(13)17-15(18)12-7-3-4-8-12/h5-6,9-10,12,16H,2-4,7-8,11H2,1H3,(H,17,18). The number of benzene rings is 1. The zero-order valence-corrected chi connectivity index (χ0v) is 11.0. The van der Waals surface area contributed by atoms with Crippen LogP contribution >= 0.6 is 0 Å². The van der Waals surface area contributed by atoms with Crippen LogP contribution in [0.5, 0.6) is 0 Å². The van der Waals surface area contributed by atoms with E-state index in [0.29, 0.717) is 0 Å². The summed E-state index contributed by atoms with van der Waals surface area (Å²) in [5.74, 6) is 0.411. The van der Waals surface area contributed by atoms with Gasteiger partial charge >= 0.3 is 0 Å². The number of carbonyl (C=O) groups excluding carboxylic acids is 1. The van der Waals surface area contributed by atoms with Gasteiger partial charge in [0, 0.05) is 18.2 Å². The van der Waals surface area contributed by atoms with E-state index >= 15 is 0 Å². The van der Waals surface area contributed by atoms with Crippen molar-refractivity contribution in [1.29, 1.82) is 0 Å². The smallest absolute Gasteiger partial charge is 0.227 e. The molecule has 0 spiro atoms. The van der Waals surface area contributed by atoms with E-state index in [4.69, 9.17) is 0 Å². The quantitative estimate of drug-likeness (QED) is 0.838. The minimum absolute atomic E-state index is 0.191. The molecule has 3 heteroatoms. The van der Waals surface area contributed by atoms with Crippen molar-refractivity contribution in [2.45, 2.75) is 39.2 Å².